The normalized spacial score (nSPS) is 9.80. The second-order valence-electron chi connectivity index (χ2n) is 1.90. The maximum absolute atomic E-state index is 10.7. The van der Waals surface area contributed by atoms with Crippen LogP contribution in [0.3, 0.4) is 0 Å². The lowest BCUT2D eigenvalue weighted by atomic mass is 10.2. The second-order valence-corrected chi connectivity index (χ2v) is 1.90. The third-order valence-corrected chi connectivity index (χ3v) is 1.15. The van der Waals surface area contributed by atoms with Gasteiger partial charge in [0.1, 0.15) is 6.26 Å². The first-order valence-electron chi connectivity index (χ1n) is 2.80. The summed E-state index contributed by atoms with van der Waals surface area (Å²) in [6.07, 6.45) is 1.26. The van der Waals surface area contributed by atoms with Gasteiger partial charge in [0, 0.05) is 12.5 Å². The number of nitrogens with zero attached hydrogens (tertiary/aromatic N) is 1. The van der Waals surface area contributed by atoms with Crippen LogP contribution in [0.15, 0.2) is 10.8 Å². The fraction of sp³-hybridized carbons (Fsp3) is 0.333. The summed E-state index contributed by atoms with van der Waals surface area (Å²) in [4.78, 5) is 10.7. The zero-order valence-corrected chi connectivity index (χ0v) is 5.50. The first-order valence-corrected chi connectivity index (χ1v) is 2.80. The van der Waals surface area contributed by atoms with Gasteiger partial charge in [0.2, 0.25) is 0 Å². The highest BCUT2D eigenvalue weighted by molar-refractivity contribution is 5.93. The molecule has 0 atom stereocenters. The Morgan fingerprint density at radius 1 is 1.90 bits per heavy atom. The lowest BCUT2D eigenvalue weighted by Crippen LogP contribution is -1.96. The number of rotatable bonds is 2. The molecule has 1 N–H and O–H groups in total. The molecule has 0 spiro atoms. The van der Waals surface area contributed by atoms with Crippen molar-refractivity contribution in [3.63, 3.8) is 0 Å². The molecule has 1 rings (SSSR count). The van der Waals surface area contributed by atoms with E-state index in [0.717, 1.165) is 0 Å². The van der Waals surface area contributed by atoms with E-state index in [-0.39, 0.29) is 18.1 Å². The maximum Gasteiger partial charge on any atom is 0.182 e. The van der Waals surface area contributed by atoms with Gasteiger partial charge in [-0.2, -0.15) is 0 Å². The topological polar surface area (TPSA) is 63.3 Å². The standard InChI is InChI=1S/C6H7NO3/c1-4(9)6-5(2-8)3-10-7-6/h3,8H,2H2,1H3. The number of hydrogen-bond donors (Lipinski definition) is 1. The van der Waals surface area contributed by atoms with Crippen molar-refractivity contribution >= 4 is 5.78 Å². The van der Waals surface area contributed by atoms with E-state index in [1.807, 2.05) is 0 Å². The summed E-state index contributed by atoms with van der Waals surface area (Å²) < 4.78 is 4.47. The van der Waals surface area contributed by atoms with Crippen LogP contribution in [-0.4, -0.2) is 16.0 Å². The maximum atomic E-state index is 10.7. The van der Waals surface area contributed by atoms with Gasteiger partial charge in [-0.25, -0.2) is 0 Å². The Labute approximate surface area is 57.4 Å². The Hall–Kier alpha value is -1.16. The van der Waals surface area contributed by atoms with E-state index in [0.29, 0.717) is 5.56 Å². The van der Waals surface area contributed by atoms with Crippen LogP contribution in [0.4, 0.5) is 0 Å². The predicted molar refractivity (Wildman–Crippen MR) is 32.4 cm³/mol. The molecule has 1 aromatic heterocycles. The highest BCUT2D eigenvalue weighted by Gasteiger charge is 2.09. The van der Waals surface area contributed by atoms with E-state index in [1.54, 1.807) is 0 Å². The molecule has 0 amide bonds. The van der Waals surface area contributed by atoms with Crippen molar-refractivity contribution < 1.29 is 14.4 Å². The third kappa shape index (κ3) is 1.06. The molecule has 0 saturated carbocycles. The SMILES string of the molecule is CC(=O)c1nocc1CO. The van der Waals surface area contributed by atoms with Gasteiger partial charge in [0.15, 0.2) is 11.5 Å². The average Bonchev–Trinajstić information content (AvgIpc) is 2.33. The third-order valence-electron chi connectivity index (χ3n) is 1.15. The highest BCUT2D eigenvalue weighted by atomic mass is 16.5. The van der Waals surface area contributed by atoms with E-state index in [9.17, 15) is 4.79 Å². The molecule has 4 heteroatoms. The van der Waals surface area contributed by atoms with Gasteiger partial charge >= 0.3 is 0 Å². The van der Waals surface area contributed by atoms with Crippen LogP contribution < -0.4 is 0 Å². The first-order chi connectivity index (χ1) is 4.75. The monoisotopic (exact) mass is 141 g/mol. The fourth-order valence-corrected chi connectivity index (χ4v) is 0.660. The molecule has 0 bridgehead atoms. The lowest BCUT2D eigenvalue weighted by molar-refractivity contribution is 0.100. The van der Waals surface area contributed by atoms with Crippen LogP contribution in [0.25, 0.3) is 0 Å². The summed E-state index contributed by atoms with van der Waals surface area (Å²) in [5, 5.41) is 12.0. The van der Waals surface area contributed by atoms with Crippen molar-refractivity contribution in [1.29, 1.82) is 0 Å². The molecule has 0 aliphatic carbocycles. The molecule has 10 heavy (non-hydrogen) atoms. The minimum Gasteiger partial charge on any atom is -0.391 e. The Morgan fingerprint density at radius 3 is 3.00 bits per heavy atom. The number of aliphatic hydroxyl groups excluding tert-OH is 1. The van der Waals surface area contributed by atoms with Crippen molar-refractivity contribution in [3.05, 3.63) is 17.5 Å². The first kappa shape index (κ1) is 6.95. The van der Waals surface area contributed by atoms with E-state index in [1.165, 1.54) is 13.2 Å². The van der Waals surface area contributed by atoms with E-state index in [2.05, 4.69) is 9.68 Å². The van der Waals surface area contributed by atoms with Crippen molar-refractivity contribution in [2.45, 2.75) is 13.5 Å². The Morgan fingerprint density at radius 2 is 2.60 bits per heavy atom. The molecular formula is C6H7NO3. The average molecular weight is 141 g/mol. The summed E-state index contributed by atoms with van der Waals surface area (Å²) in [5.74, 6) is -0.196. The summed E-state index contributed by atoms with van der Waals surface area (Å²) >= 11 is 0. The lowest BCUT2D eigenvalue weighted by Gasteiger charge is -1.87. The Kier molecular flexibility index (Phi) is 1.82. The van der Waals surface area contributed by atoms with E-state index < -0.39 is 0 Å². The van der Waals surface area contributed by atoms with Gasteiger partial charge in [0.05, 0.1) is 6.61 Å². The molecule has 0 aliphatic rings. The Balaban J connectivity index is 3.01. The van der Waals surface area contributed by atoms with Crippen LogP contribution in [0.5, 0.6) is 0 Å². The smallest absolute Gasteiger partial charge is 0.182 e. The molecule has 1 heterocycles. The molecule has 1 aromatic rings. The van der Waals surface area contributed by atoms with E-state index >= 15 is 0 Å². The molecule has 54 valence electrons. The largest absolute Gasteiger partial charge is 0.391 e. The highest BCUT2D eigenvalue weighted by Crippen LogP contribution is 2.06. The van der Waals surface area contributed by atoms with Crippen LogP contribution in [-0.2, 0) is 6.61 Å². The molecule has 0 aliphatic heterocycles. The van der Waals surface area contributed by atoms with Crippen LogP contribution >= 0.6 is 0 Å². The number of Topliss-reactive ketones (excluding diaryl/α,β-unsaturated/α-hetero) is 1. The number of ketones is 1. The van der Waals surface area contributed by atoms with Crippen molar-refractivity contribution in [2.24, 2.45) is 0 Å². The van der Waals surface area contributed by atoms with Gasteiger partial charge in [-0.1, -0.05) is 5.16 Å². The van der Waals surface area contributed by atoms with Gasteiger partial charge in [-0.3, -0.25) is 4.79 Å². The van der Waals surface area contributed by atoms with Crippen molar-refractivity contribution in [1.82, 2.24) is 5.16 Å². The number of aromatic nitrogens is 1. The molecule has 0 saturated heterocycles. The van der Waals surface area contributed by atoms with Gasteiger partial charge < -0.3 is 9.63 Å². The van der Waals surface area contributed by atoms with Crippen molar-refractivity contribution in [3.8, 4) is 0 Å². The molecule has 0 fully saturated rings. The fourth-order valence-electron chi connectivity index (χ4n) is 0.660. The number of carbonyl (C=O) groups is 1. The summed E-state index contributed by atoms with van der Waals surface area (Å²) in [6, 6.07) is 0. The second kappa shape index (κ2) is 2.62. The van der Waals surface area contributed by atoms with Crippen molar-refractivity contribution in [2.75, 3.05) is 0 Å². The van der Waals surface area contributed by atoms with E-state index in [4.69, 9.17) is 5.11 Å². The molecule has 0 aromatic carbocycles. The van der Waals surface area contributed by atoms with Crippen LogP contribution in [0.2, 0.25) is 0 Å². The van der Waals surface area contributed by atoms with Crippen LogP contribution in [0, 0.1) is 0 Å². The quantitative estimate of drug-likeness (QED) is 0.604. The predicted octanol–water partition coefficient (Wildman–Crippen LogP) is 0.369. The van der Waals surface area contributed by atoms with Gasteiger partial charge in [-0.05, 0) is 0 Å². The van der Waals surface area contributed by atoms with Gasteiger partial charge in [0.25, 0.3) is 0 Å². The summed E-state index contributed by atoms with van der Waals surface area (Å²) in [7, 11) is 0. The number of carbonyl (C=O) groups excluding carboxylic acids is 1. The zero-order valence-electron chi connectivity index (χ0n) is 5.50. The van der Waals surface area contributed by atoms with Crippen LogP contribution in [0.1, 0.15) is 23.0 Å². The molecule has 0 unspecified atom stereocenters. The number of aliphatic hydroxyl groups is 1. The molecule has 0 radical (unpaired) electrons. The summed E-state index contributed by atoms with van der Waals surface area (Å²) in [5.41, 5.74) is 0.648. The molecular weight excluding hydrogens is 134 g/mol. The summed E-state index contributed by atoms with van der Waals surface area (Å²) in [6.45, 7) is 1.16. The molecule has 4 nitrogen and oxygen atoms in total. The minimum atomic E-state index is -0.210. The van der Waals surface area contributed by atoms with Gasteiger partial charge in [-0.15, -0.1) is 0 Å². The number of hydrogen-bond acceptors (Lipinski definition) is 4. The Bertz CT molecular complexity index is 241. The minimum absolute atomic E-state index is 0.196. The zero-order chi connectivity index (χ0) is 7.56.